The molecule has 0 spiro atoms. The third kappa shape index (κ3) is 3.04. The van der Waals surface area contributed by atoms with Gasteiger partial charge in [-0.2, -0.15) is 0 Å². The van der Waals surface area contributed by atoms with Gasteiger partial charge >= 0.3 is 0 Å². The normalized spacial score (nSPS) is 19.2. The van der Waals surface area contributed by atoms with E-state index in [1.807, 2.05) is 19.0 Å². The summed E-state index contributed by atoms with van der Waals surface area (Å²) in [6, 6.07) is 2.23. The van der Waals surface area contributed by atoms with Crippen molar-refractivity contribution in [3.63, 3.8) is 0 Å². The molecule has 2 rings (SSSR count). The van der Waals surface area contributed by atoms with Crippen molar-refractivity contribution in [2.75, 3.05) is 38.6 Å². The molecular formula is C13H18F2N4O. The van der Waals surface area contributed by atoms with Gasteiger partial charge in [-0.05, 0) is 12.1 Å². The maximum atomic E-state index is 13.0. The van der Waals surface area contributed by atoms with Gasteiger partial charge in [0.1, 0.15) is 11.7 Å². The van der Waals surface area contributed by atoms with Crippen molar-refractivity contribution in [1.29, 1.82) is 0 Å². The summed E-state index contributed by atoms with van der Waals surface area (Å²) >= 11 is 0. The van der Waals surface area contributed by atoms with Crippen LogP contribution in [0.2, 0.25) is 0 Å². The first-order valence-corrected chi connectivity index (χ1v) is 6.44. The summed E-state index contributed by atoms with van der Waals surface area (Å²) in [7, 11) is 3.73. The Labute approximate surface area is 116 Å². The smallest absolute Gasteiger partial charge is 0.272 e. The molecule has 7 heteroatoms. The number of hydrogen-bond acceptors (Lipinski definition) is 4. The summed E-state index contributed by atoms with van der Waals surface area (Å²) in [5.74, 6) is -0.442. The predicted octanol–water partition coefficient (Wildman–Crippen LogP) is 0.827. The molecule has 5 nitrogen and oxygen atoms in total. The second-order valence-corrected chi connectivity index (χ2v) is 4.90. The van der Waals surface area contributed by atoms with Crippen LogP contribution in [-0.2, 0) is 0 Å². The van der Waals surface area contributed by atoms with Crippen LogP contribution >= 0.6 is 0 Å². The van der Waals surface area contributed by atoms with E-state index in [-0.39, 0.29) is 18.8 Å². The van der Waals surface area contributed by atoms with E-state index in [1.54, 1.807) is 18.3 Å². The van der Waals surface area contributed by atoms with Crippen LogP contribution in [0.15, 0.2) is 18.3 Å². The molecule has 0 radical (unpaired) electrons. The van der Waals surface area contributed by atoms with E-state index >= 15 is 0 Å². The molecule has 0 saturated carbocycles. The molecule has 2 heterocycles. The van der Waals surface area contributed by atoms with Crippen molar-refractivity contribution in [2.24, 2.45) is 0 Å². The van der Waals surface area contributed by atoms with Gasteiger partial charge in [0.25, 0.3) is 12.3 Å². The largest absolute Gasteiger partial charge is 0.376 e. The van der Waals surface area contributed by atoms with Crippen LogP contribution in [-0.4, -0.2) is 62.0 Å². The number of nitrogens with one attached hydrogen (secondary N) is 1. The second-order valence-electron chi connectivity index (χ2n) is 4.90. The van der Waals surface area contributed by atoms with Gasteiger partial charge in [0.2, 0.25) is 0 Å². The van der Waals surface area contributed by atoms with Crippen LogP contribution in [0.5, 0.6) is 0 Å². The third-order valence-electron chi connectivity index (χ3n) is 3.32. The van der Waals surface area contributed by atoms with E-state index in [1.165, 1.54) is 4.90 Å². The SMILES string of the molecule is CN(C)c1ccc(C(=O)N2CCNCC2C(F)F)nc1. The summed E-state index contributed by atoms with van der Waals surface area (Å²) in [4.78, 5) is 19.4. The molecule has 20 heavy (non-hydrogen) atoms. The standard InChI is InChI=1S/C13H18F2N4O/c1-18(2)9-3-4-10(17-7-9)13(20)19-6-5-16-8-11(19)12(14)15/h3-4,7,11-12,16H,5-6,8H2,1-2H3. The number of nitrogens with zero attached hydrogens (tertiary/aromatic N) is 3. The number of carbonyl (C=O) groups excluding carboxylic acids is 1. The van der Waals surface area contributed by atoms with Crippen molar-refractivity contribution in [1.82, 2.24) is 15.2 Å². The summed E-state index contributed by atoms with van der Waals surface area (Å²) in [6.07, 6.45) is -1.000. The van der Waals surface area contributed by atoms with Crippen LogP contribution in [0.1, 0.15) is 10.5 Å². The Kier molecular flexibility index (Phi) is 4.49. The highest BCUT2D eigenvalue weighted by atomic mass is 19.3. The van der Waals surface area contributed by atoms with E-state index in [2.05, 4.69) is 10.3 Å². The van der Waals surface area contributed by atoms with Crippen molar-refractivity contribution >= 4 is 11.6 Å². The van der Waals surface area contributed by atoms with E-state index < -0.39 is 18.4 Å². The Morgan fingerprint density at radius 3 is 2.80 bits per heavy atom. The number of amides is 1. The monoisotopic (exact) mass is 284 g/mol. The zero-order valence-electron chi connectivity index (χ0n) is 11.5. The number of pyridine rings is 1. The zero-order valence-corrected chi connectivity index (χ0v) is 11.5. The minimum Gasteiger partial charge on any atom is -0.376 e. The molecule has 1 fully saturated rings. The Hall–Kier alpha value is -1.76. The molecule has 1 aliphatic rings. The Morgan fingerprint density at radius 1 is 1.50 bits per heavy atom. The van der Waals surface area contributed by atoms with Crippen LogP contribution in [0.3, 0.4) is 0 Å². The molecule has 1 atom stereocenters. The number of hydrogen-bond donors (Lipinski definition) is 1. The number of carbonyl (C=O) groups is 1. The third-order valence-corrected chi connectivity index (χ3v) is 3.32. The average molecular weight is 284 g/mol. The number of anilines is 1. The highest BCUT2D eigenvalue weighted by molar-refractivity contribution is 5.92. The van der Waals surface area contributed by atoms with E-state index in [0.29, 0.717) is 6.54 Å². The highest BCUT2D eigenvalue weighted by Gasteiger charge is 2.34. The molecule has 1 saturated heterocycles. The van der Waals surface area contributed by atoms with Gasteiger partial charge in [0, 0.05) is 33.7 Å². The second kappa shape index (κ2) is 6.13. The fraction of sp³-hybridized carbons (Fsp3) is 0.538. The van der Waals surface area contributed by atoms with Gasteiger partial charge in [0.05, 0.1) is 11.9 Å². The highest BCUT2D eigenvalue weighted by Crippen LogP contribution is 2.16. The lowest BCUT2D eigenvalue weighted by Crippen LogP contribution is -2.56. The number of piperazine rings is 1. The molecule has 0 aromatic carbocycles. The van der Waals surface area contributed by atoms with E-state index in [0.717, 1.165) is 5.69 Å². The number of halogens is 2. The molecule has 1 aromatic heterocycles. The van der Waals surface area contributed by atoms with Crippen molar-refractivity contribution in [2.45, 2.75) is 12.5 Å². The predicted molar refractivity (Wildman–Crippen MR) is 72.3 cm³/mol. The maximum Gasteiger partial charge on any atom is 0.272 e. The fourth-order valence-corrected chi connectivity index (χ4v) is 2.13. The molecule has 1 N–H and O–H groups in total. The summed E-state index contributed by atoms with van der Waals surface area (Å²) in [6.45, 7) is 0.898. The molecule has 1 unspecified atom stereocenters. The molecule has 0 bridgehead atoms. The van der Waals surface area contributed by atoms with Gasteiger partial charge in [0.15, 0.2) is 0 Å². The van der Waals surface area contributed by atoms with Gasteiger partial charge in [-0.25, -0.2) is 13.8 Å². The topological polar surface area (TPSA) is 48.5 Å². The number of aromatic nitrogens is 1. The molecule has 110 valence electrons. The van der Waals surface area contributed by atoms with Crippen LogP contribution in [0, 0.1) is 0 Å². The van der Waals surface area contributed by atoms with Crippen molar-refractivity contribution < 1.29 is 13.6 Å². The number of alkyl halides is 2. The van der Waals surface area contributed by atoms with Crippen LogP contribution < -0.4 is 10.2 Å². The van der Waals surface area contributed by atoms with Crippen molar-refractivity contribution in [3.8, 4) is 0 Å². The summed E-state index contributed by atoms with van der Waals surface area (Å²) in [5, 5.41) is 2.88. The van der Waals surface area contributed by atoms with Gasteiger partial charge in [-0.15, -0.1) is 0 Å². The van der Waals surface area contributed by atoms with Crippen LogP contribution in [0.4, 0.5) is 14.5 Å². The summed E-state index contributed by atoms with van der Waals surface area (Å²) in [5.41, 5.74) is 1.05. The average Bonchev–Trinajstić information content (AvgIpc) is 2.46. The molecule has 0 aliphatic carbocycles. The molecule has 1 aromatic rings. The van der Waals surface area contributed by atoms with Gasteiger partial charge < -0.3 is 15.1 Å². The van der Waals surface area contributed by atoms with Gasteiger partial charge in [-0.1, -0.05) is 0 Å². The lowest BCUT2D eigenvalue weighted by atomic mass is 10.1. The van der Waals surface area contributed by atoms with Crippen LogP contribution in [0.25, 0.3) is 0 Å². The first-order valence-electron chi connectivity index (χ1n) is 6.44. The lowest BCUT2D eigenvalue weighted by Gasteiger charge is -2.35. The zero-order chi connectivity index (χ0) is 14.7. The maximum absolute atomic E-state index is 13.0. The Balaban J connectivity index is 2.16. The molecular weight excluding hydrogens is 266 g/mol. The minimum absolute atomic E-state index is 0.110. The first kappa shape index (κ1) is 14.6. The van der Waals surface area contributed by atoms with Crippen molar-refractivity contribution in [3.05, 3.63) is 24.0 Å². The lowest BCUT2D eigenvalue weighted by molar-refractivity contribution is 0.0123. The number of rotatable bonds is 3. The Morgan fingerprint density at radius 2 is 2.25 bits per heavy atom. The van der Waals surface area contributed by atoms with E-state index in [4.69, 9.17) is 0 Å². The fourth-order valence-electron chi connectivity index (χ4n) is 2.13. The molecule has 1 aliphatic heterocycles. The quantitative estimate of drug-likeness (QED) is 0.893. The summed E-state index contributed by atoms with van der Waals surface area (Å²) < 4.78 is 25.9. The minimum atomic E-state index is -2.56. The van der Waals surface area contributed by atoms with Gasteiger partial charge in [-0.3, -0.25) is 4.79 Å². The van der Waals surface area contributed by atoms with E-state index in [9.17, 15) is 13.6 Å². The Bertz CT molecular complexity index is 464. The molecule has 1 amide bonds. The first-order chi connectivity index (χ1) is 9.50.